The lowest BCUT2D eigenvalue weighted by Gasteiger charge is -2.35. The molecular formula is C32H30FN7O3. The van der Waals surface area contributed by atoms with Crippen molar-refractivity contribution in [1.82, 2.24) is 29.3 Å². The number of carbonyl (C=O) groups excluding carboxylic acids is 1. The minimum absolute atomic E-state index is 0.105. The van der Waals surface area contributed by atoms with Crippen molar-refractivity contribution in [2.24, 2.45) is 13.0 Å². The van der Waals surface area contributed by atoms with Crippen LogP contribution in [0.4, 0.5) is 10.1 Å². The fraction of sp³-hybridized carbons (Fsp3) is 0.281. The Bertz CT molecular complexity index is 1900. The van der Waals surface area contributed by atoms with Crippen LogP contribution in [-0.2, 0) is 18.3 Å². The molecule has 5 aromatic rings. The van der Waals surface area contributed by atoms with Gasteiger partial charge in [0.15, 0.2) is 5.65 Å². The molecule has 7 rings (SSSR count). The van der Waals surface area contributed by atoms with Crippen LogP contribution in [0, 0.1) is 11.7 Å². The van der Waals surface area contributed by atoms with Gasteiger partial charge in [-0.3, -0.25) is 14.3 Å². The van der Waals surface area contributed by atoms with Gasteiger partial charge in [0.1, 0.15) is 11.5 Å². The molecule has 0 saturated carbocycles. The zero-order valence-corrected chi connectivity index (χ0v) is 23.8. The molecular weight excluding hydrogens is 549 g/mol. The summed E-state index contributed by atoms with van der Waals surface area (Å²) in [6.45, 7) is 3.52. The largest absolute Gasteiger partial charge is 0.481 e. The van der Waals surface area contributed by atoms with Gasteiger partial charge < -0.3 is 14.9 Å². The molecule has 1 saturated heterocycles. The van der Waals surface area contributed by atoms with Crippen molar-refractivity contribution in [3.05, 3.63) is 89.6 Å². The van der Waals surface area contributed by atoms with E-state index in [1.807, 2.05) is 42.1 Å². The number of hydrogen-bond donors (Lipinski definition) is 1. The third kappa shape index (κ3) is 4.70. The Morgan fingerprint density at radius 2 is 1.91 bits per heavy atom. The second-order valence-corrected chi connectivity index (χ2v) is 11.3. The van der Waals surface area contributed by atoms with Gasteiger partial charge in [-0.25, -0.2) is 13.9 Å². The number of amides is 1. The Morgan fingerprint density at radius 3 is 2.65 bits per heavy atom. The predicted octanol–water partition coefficient (Wildman–Crippen LogP) is 4.61. The minimum Gasteiger partial charge on any atom is -0.481 e. The Balaban J connectivity index is 1.26. The molecule has 11 heteroatoms. The van der Waals surface area contributed by atoms with Gasteiger partial charge in [0.2, 0.25) is 0 Å². The van der Waals surface area contributed by atoms with Crippen LogP contribution in [0.5, 0.6) is 0 Å². The summed E-state index contributed by atoms with van der Waals surface area (Å²) in [4.78, 5) is 33.7. The summed E-state index contributed by atoms with van der Waals surface area (Å²) in [6, 6.07) is 16.3. The van der Waals surface area contributed by atoms with Gasteiger partial charge in [-0.1, -0.05) is 24.3 Å². The number of carbonyl (C=O) groups is 2. The number of benzene rings is 2. The maximum Gasteiger partial charge on any atom is 0.308 e. The van der Waals surface area contributed by atoms with Crippen molar-refractivity contribution >= 4 is 23.2 Å². The molecule has 2 aromatic carbocycles. The van der Waals surface area contributed by atoms with Crippen molar-refractivity contribution < 1.29 is 19.1 Å². The van der Waals surface area contributed by atoms with Gasteiger partial charge >= 0.3 is 5.97 Å². The zero-order valence-electron chi connectivity index (χ0n) is 23.8. The third-order valence-electron chi connectivity index (χ3n) is 8.63. The number of carboxylic acid groups (broad SMARTS) is 1. The van der Waals surface area contributed by atoms with Crippen LogP contribution in [-0.4, -0.2) is 65.9 Å². The van der Waals surface area contributed by atoms with Crippen LogP contribution in [0.2, 0.25) is 0 Å². The number of aromatic nitrogens is 5. The highest BCUT2D eigenvalue weighted by atomic mass is 19.1. The molecule has 0 radical (unpaired) electrons. The summed E-state index contributed by atoms with van der Waals surface area (Å²) in [5.74, 6) is -1.95. The highest BCUT2D eigenvalue weighted by Gasteiger charge is 2.31. The Labute approximate surface area is 247 Å². The highest BCUT2D eigenvalue weighted by molar-refractivity contribution is 5.94. The van der Waals surface area contributed by atoms with E-state index >= 15 is 4.39 Å². The van der Waals surface area contributed by atoms with E-state index in [1.54, 1.807) is 39.7 Å². The van der Waals surface area contributed by atoms with Gasteiger partial charge in [-0.2, -0.15) is 10.2 Å². The van der Waals surface area contributed by atoms with E-state index in [4.69, 9.17) is 10.1 Å². The van der Waals surface area contributed by atoms with Crippen molar-refractivity contribution in [3.8, 4) is 22.5 Å². The average molecular weight is 580 g/mol. The standard InChI is InChI=1S/C32H30FN7O3/c1-19-24-6-4-3-5-20(24)10-12-39(19)31(41)28-14-29(22-16-34-37(2)17-22)40-30(35-28)15-27(36-40)25-8-7-23(13-26(25)33)38-11-9-21(18-38)32(42)43/h3-8,13-17,19,21H,9-12,18H2,1-2H3,(H,42,43)/t19-,21+/m1/s1. The number of halogens is 1. The summed E-state index contributed by atoms with van der Waals surface area (Å²) in [5.41, 5.74) is 5.73. The molecule has 10 nitrogen and oxygen atoms in total. The van der Waals surface area contributed by atoms with Crippen molar-refractivity contribution in [1.29, 1.82) is 0 Å². The number of hydrogen-bond acceptors (Lipinski definition) is 6. The lowest BCUT2D eigenvalue weighted by molar-refractivity contribution is -0.140. The lowest BCUT2D eigenvalue weighted by Crippen LogP contribution is -2.39. The second-order valence-electron chi connectivity index (χ2n) is 11.3. The molecule has 3 aromatic heterocycles. The number of anilines is 1. The van der Waals surface area contributed by atoms with E-state index < -0.39 is 17.7 Å². The molecule has 1 N–H and O–H groups in total. The van der Waals surface area contributed by atoms with Gasteiger partial charge in [-0.15, -0.1) is 0 Å². The molecule has 2 atom stereocenters. The van der Waals surface area contributed by atoms with Crippen LogP contribution in [0.15, 0.2) is 67.0 Å². The average Bonchev–Trinajstić information content (AvgIpc) is 3.76. The first-order chi connectivity index (χ1) is 20.8. The summed E-state index contributed by atoms with van der Waals surface area (Å²) in [5, 5.41) is 18.3. The summed E-state index contributed by atoms with van der Waals surface area (Å²) < 4.78 is 18.8. The van der Waals surface area contributed by atoms with Crippen molar-refractivity contribution in [3.63, 3.8) is 0 Å². The number of carboxylic acids is 1. The summed E-state index contributed by atoms with van der Waals surface area (Å²) in [6.07, 6.45) is 4.82. The van der Waals surface area contributed by atoms with Gasteiger partial charge in [0.05, 0.1) is 29.5 Å². The third-order valence-corrected chi connectivity index (χ3v) is 8.63. The molecule has 1 amide bonds. The molecule has 43 heavy (non-hydrogen) atoms. The number of aliphatic carboxylic acids is 1. The fourth-order valence-corrected chi connectivity index (χ4v) is 6.28. The molecule has 0 aliphatic carbocycles. The zero-order chi connectivity index (χ0) is 29.8. The maximum atomic E-state index is 15.5. The fourth-order valence-electron chi connectivity index (χ4n) is 6.28. The normalized spacial score (nSPS) is 18.3. The van der Waals surface area contributed by atoms with Gasteiger partial charge in [0.25, 0.3) is 5.91 Å². The molecule has 0 bridgehead atoms. The first kappa shape index (κ1) is 26.8. The van der Waals surface area contributed by atoms with E-state index in [0.717, 1.165) is 17.5 Å². The van der Waals surface area contributed by atoms with Crippen LogP contribution < -0.4 is 4.90 Å². The smallest absolute Gasteiger partial charge is 0.308 e. The SMILES string of the molecule is C[C@@H]1c2ccccc2CCN1C(=O)c1cc(-c2cnn(C)c2)n2nc(-c3ccc(N4CC[C@H](C(=O)O)C4)cc3F)cc2n1. The Kier molecular flexibility index (Phi) is 6.45. The van der Waals surface area contributed by atoms with E-state index in [0.29, 0.717) is 48.8 Å². The van der Waals surface area contributed by atoms with Crippen molar-refractivity contribution in [2.75, 3.05) is 24.5 Å². The molecule has 2 aliphatic rings. The maximum absolute atomic E-state index is 15.5. The Morgan fingerprint density at radius 1 is 1.07 bits per heavy atom. The van der Waals surface area contributed by atoms with E-state index in [2.05, 4.69) is 17.2 Å². The van der Waals surface area contributed by atoms with Crippen molar-refractivity contribution in [2.45, 2.75) is 25.8 Å². The quantitative estimate of drug-likeness (QED) is 0.324. The molecule has 5 heterocycles. The van der Waals surface area contributed by atoms with E-state index in [1.165, 1.54) is 11.6 Å². The first-order valence-corrected chi connectivity index (χ1v) is 14.3. The molecule has 218 valence electrons. The van der Waals surface area contributed by atoms with Crippen LogP contribution in [0.25, 0.3) is 28.2 Å². The predicted molar refractivity (Wildman–Crippen MR) is 158 cm³/mol. The minimum atomic E-state index is -0.835. The number of aryl methyl sites for hydroxylation is 1. The number of nitrogens with zero attached hydrogens (tertiary/aromatic N) is 7. The molecule has 2 aliphatic heterocycles. The Hall–Kier alpha value is -5.06. The lowest BCUT2D eigenvalue weighted by atomic mass is 9.93. The van der Waals surface area contributed by atoms with Crippen LogP contribution in [0.3, 0.4) is 0 Å². The van der Waals surface area contributed by atoms with Crippen LogP contribution in [0.1, 0.15) is 41.0 Å². The molecule has 1 fully saturated rings. The van der Waals surface area contributed by atoms with Gasteiger partial charge in [-0.05, 0) is 55.2 Å². The topological polar surface area (TPSA) is 109 Å². The highest BCUT2D eigenvalue weighted by Crippen LogP contribution is 2.33. The molecule has 0 unspecified atom stereocenters. The summed E-state index contributed by atoms with van der Waals surface area (Å²) >= 11 is 0. The van der Waals surface area contributed by atoms with Crippen LogP contribution >= 0.6 is 0 Å². The summed E-state index contributed by atoms with van der Waals surface area (Å²) in [7, 11) is 1.81. The van der Waals surface area contributed by atoms with E-state index in [-0.39, 0.29) is 23.2 Å². The van der Waals surface area contributed by atoms with Gasteiger partial charge in [0, 0.05) is 55.8 Å². The van der Waals surface area contributed by atoms with E-state index in [9.17, 15) is 14.7 Å². The molecule has 0 spiro atoms. The number of fused-ring (bicyclic) bond motifs is 2. The monoisotopic (exact) mass is 579 g/mol. The number of rotatable bonds is 5. The second kappa shape index (κ2) is 10.3. The first-order valence-electron chi connectivity index (χ1n) is 14.3.